The zero-order chi connectivity index (χ0) is 10.7. The minimum absolute atomic E-state index is 0.115. The van der Waals surface area contributed by atoms with Crippen molar-refractivity contribution in [2.75, 3.05) is 20.3 Å². The van der Waals surface area contributed by atoms with Crippen LogP contribution in [0.3, 0.4) is 0 Å². The van der Waals surface area contributed by atoms with Crippen LogP contribution in [0.4, 0.5) is 0 Å². The van der Waals surface area contributed by atoms with Crippen LogP contribution in [0.15, 0.2) is 24.3 Å². The maximum Gasteiger partial charge on any atom is 0.0626 e. The summed E-state index contributed by atoms with van der Waals surface area (Å²) in [6, 6.07) is 8.69. The predicted molar refractivity (Wildman–Crippen MR) is 60.4 cm³/mol. The van der Waals surface area contributed by atoms with Crippen LogP contribution in [0, 0.1) is 0 Å². The molecule has 0 bridgehead atoms. The number of ether oxygens (including phenoxy) is 1. The molecule has 0 saturated heterocycles. The lowest BCUT2D eigenvalue weighted by Crippen LogP contribution is -2.37. The van der Waals surface area contributed by atoms with Crippen molar-refractivity contribution < 1.29 is 4.74 Å². The number of nitrogens with two attached hydrogens (primary N) is 1. The second-order valence-corrected chi connectivity index (χ2v) is 4.15. The molecule has 0 fully saturated rings. The van der Waals surface area contributed by atoms with E-state index in [2.05, 4.69) is 29.2 Å². The van der Waals surface area contributed by atoms with Crippen LogP contribution >= 0.6 is 0 Å². The maximum absolute atomic E-state index is 5.93. The molecule has 3 nitrogen and oxygen atoms in total. The van der Waals surface area contributed by atoms with E-state index in [1.807, 2.05) is 0 Å². The number of hydrogen-bond donors (Lipinski definition) is 1. The number of nitrogens with zero attached hydrogens (tertiary/aromatic N) is 1. The maximum atomic E-state index is 5.93. The summed E-state index contributed by atoms with van der Waals surface area (Å²) in [6.45, 7) is 3.58. The lowest BCUT2D eigenvalue weighted by atomic mass is 10.1. The molecule has 1 heterocycles. The molecule has 0 aromatic heterocycles. The Morgan fingerprint density at radius 3 is 2.47 bits per heavy atom. The summed E-state index contributed by atoms with van der Waals surface area (Å²) in [5.41, 5.74) is 8.80. The standard InChI is InChI=1S/C12H18N2O/c1-15-9-12(13)8-14-6-10-4-2-3-5-11(10)7-14/h2-5,12H,6-9,13H2,1H3. The molecule has 3 heteroatoms. The summed E-state index contributed by atoms with van der Waals surface area (Å²) in [6.07, 6.45) is 0. The zero-order valence-electron chi connectivity index (χ0n) is 9.15. The Hall–Kier alpha value is -0.900. The third-order valence-corrected chi connectivity index (χ3v) is 2.78. The van der Waals surface area contributed by atoms with Crippen LogP contribution < -0.4 is 5.73 Å². The Morgan fingerprint density at radius 2 is 1.93 bits per heavy atom. The summed E-state index contributed by atoms with van der Waals surface area (Å²) in [7, 11) is 1.69. The van der Waals surface area contributed by atoms with Gasteiger partial charge in [-0.3, -0.25) is 4.90 Å². The summed E-state index contributed by atoms with van der Waals surface area (Å²) in [5.74, 6) is 0. The van der Waals surface area contributed by atoms with Gasteiger partial charge in [0.05, 0.1) is 6.61 Å². The average molecular weight is 206 g/mol. The minimum Gasteiger partial charge on any atom is -0.383 e. The van der Waals surface area contributed by atoms with Crippen molar-refractivity contribution >= 4 is 0 Å². The molecule has 0 aliphatic carbocycles. The van der Waals surface area contributed by atoms with E-state index in [1.54, 1.807) is 7.11 Å². The molecule has 0 spiro atoms. The molecule has 1 aliphatic rings. The Labute approximate surface area is 90.8 Å². The topological polar surface area (TPSA) is 38.5 Å². The molecular formula is C12H18N2O. The highest BCUT2D eigenvalue weighted by molar-refractivity contribution is 5.30. The molecule has 2 rings (SSSR count). The predicted octanol–water partition coefficient (Wildman–Crippen LogP) is 0.976. The fourth-order valence-corrected chi connectivity index (χ4v) is 2.13. The van der Waals surface area contributed by atoms with Crippen LogP contribution in [0.2, 0.25) is 0 Å². The molecule has 1 aliphatic heterocycles. The third kappa shape index (κ3) is 2.56. The second kappa shape index (κ2) is 4.75. The van der Waals surface area contributed by atoms with E-state index in [0.717, 1.165) is 19.6 Å². The zero-order valence-corrected chi connectivity index (χ0v) is 9.15. The number of hydrogen-bond acceptors (Lipinski definition) is 3. The van der Waals surface area contributed by atoms with Gasteiger partial charge in [0, 0.05) is 32.8 Å². The largest absolute Gasteiger partial charge is 0.383 e. The molecule has 1 aromatic rings. The highest BCUT2D eigenvalue weighted by atomic mass is 16.5. The lowest BCUT2D eigenvalue weighted by molar-refractivity contribution is 0.153. The molecule has 82 valence electrons. The number of benzene rings is 1. The van der Waals surface area contributed by atoms with Crippen molar-refractivity contribution in [3.05, 3.63) is 35.4 Å². The molecule has 1 atom stereocenters. The van der Waals surface area contributed by atoms with Crippen LogP contribution in [-0.2, 0) is 17.8 Å². The summed E-state index contributed by atoms with van der Waals surface area (Å²) in [4.78, 5) is 2.37. The van der Waals surface area contributed by atoms with Crippen LogP contribution in [0.25, 0.3) is 0 Å². The molecular weight excluding hydrogens is 188 g/mol. The molecule has 1 aromatic carbocycles. The van der Waals surface area contributed by atoms with Gasteiger partial charge < -0.3 is 10.5 Å². The Balaban J connectivity index is 1.90. The van der Waals surface area contributed by atoms with Gasteiger partial charge in [-0.2, -0.15) is 0 Å². The fraction of sp³-hybridized carbons (Fsp3) is 0.500. The first kappa shape index (κ1) is 10.6. The molecule has 0 amide bonds. The molecule has 0 saturated carbocycles. The smallest absolute Gasteiger partial charge is 0.0626 e. The van der Waals surface area contributed by atoms with E-state index < -0.39 is 0 Å². The van der Waals surface area contributed by atoms with Crippen LogP contribution in [0.5, 0.6) is 0 Å². The monoisotopic (exact) mass is 206 g/mol. The van der Waals surface area contributed by atoms with Gasteiger partial charge in [-0.05, 0) is 11.1 Å². The van der Waals surface area contributed by atoms with Gasteiger partial charge in [-0.15, -0.1) is 0 Å². The number of rotatable bonds is 4. The van der Waals surface area contributed by atoms with Crippen molar-refractivity contribution in [1.29, 1.82) is 0 Å². The lowest BCUT2D eigenvalue weighted by Gasteiger charge is -2.19. The number of methoxy groups -OCH3 is 1. The van der Waals surface area contributed by atoms with Gasteiger partial charge in [0.25, 0.3) is 0 Å². The van der Waals surface area contributed by atoms with Crippen molar-refractivity contribution in [2.24, 2.45) is 5.73 Å². The van der Waals surface area contributed by atoms with Crippen molar-refractivity contribution in [2.45, 2.75) is 19.1 Å². The average Bonchev–Trinajstić information content (AvgIpc) is 2.59. The van der Waals surface area contributed by atoms with E-state index in [-0.39, 0.29) is 6.04 Å². The Kier molecular flexibility index (Phi) is 3.36. The second-order valence-electron chi connectivity index (χ2n) is 4.15. The van der Waals surface area contributed by atoms with Crippen LogP contribution in [-0.4, -0.2) is 31.2 Å². The first-order valence-corrected chi connectivity index (χ1v) is 5.33. The van der Waals surface area contributed by atoms with Crippen molar-refractivity contribution in [3.8, 4) is 0 Å². The van der Waals surface area contributed by atoms with E-state index >= 15 is 0 Å². The number of fused-ring (bicyclic) bond motifs is 1. The fourth-order valence-electron chi connectivity index (χ4n) is 2.13. The summed E-state index contributed by atoms with van der Waals surface area (Å²) < 4.78 is 5.04. The Bertz CT molecular complexity index is 302. The van der Waals surface area contributed by atoms with E-state index in [0.29, 0.717) is 6.61 Å². The van der Waals surface area contributed by atoms with Gasteiger partial charge in [0.2, 0.25) is 0 Å². The van der Waals surface area contributed by atoms with Crippen LogP contribution in [0.1, 0.15) is 11.1 Å². The first-order chi connectivity index (χ1) is 7.29. The van der Waals surface area contributed by atoms with E-state index in [1.165, 1.54) is 11.1 Å². The van der Waals surface area contributed by atoms with Crippen molar-refractivity contribution in [1.82, 2.24) is 4.90 Å². The molecule has 0 radical (unpaired) electrons. The van der Waals surface area contributed by atoms with Gasteiger partial charge in [0.1, 0.15) is 0 Å². The normalized spacial score (nSPS) is 17.7. The minimum atomic E-state index is 0.115. The van der Waals surface area contributed by atoms with Crippen molar-refractivity contribution in [3.63, 3.8) is 0 Å². The van der Waals surface area contributed by atoms with E-state index in [4.69, 9.17) is 10.5 Å². The first-order valence-electron chi connectivity index (χ1n) is 5.33. The van der Waals surface area contributed by atoms with Gasteiger partial charge >= 0.3 is 0 Å². The molecule has 1 unspecified atom stereocenters. The Morgan fingerprint density at radius 1 is 1.33 bits per heavy atom. The van der Waals surface area contributed by atoms with Gasteiger partial charge in [0.15, 0.2) is 0 Å². The van der Waals surface area contributed by atoms with Gasteiger partial charge in [-0.1, -0.05) is 24.3 Å². The molecule has 2 N–H and O–H groups in total. The highest BCUT2D eigenvalue weighted by Gasteiger charge is 2.19. The summed E-state index contributed by atoms with van der Waals surface area (Å²) >= 11 is 0. The third-order valence-electron chi connectivity index (χ3n) is 2.78. The van der Waals surface area contributed by atoms with Gasteiger partial charge in [-0.25, -0.2) is 0 Å². The van der Waals surface area contributed by atoms with E-state index in [9.17, 15) is 0 Å². The quantitative estimate of drug-likeness (QED) is 0.798. The SMILES string of the molecule is COCC(N)CN1Cc2ccccc2C1. The molecule has 15 heavy (non-hydrogen) atoms. The summed E-state index contributed by atoms with van der Waals surface area (Å²) in [5, 5.41) is 0. The highest BCUT2D eigenvalue weighted by Crippen LogP contribution is 2.21.